The van der Waals surface area contributed by atoms with Crippen LogP contribution in [-0.4, -0.2) is 22.2 Å². The second kappa shape index (κ2) is 2.59. The van der Waals surface area contributed by atoms with Crippen LogP contribution in [0, 0.1) is 0 Å². The molecule has 0 fully saturated rings. The Morgan fingerprint density at radius 1 is 1.78 bits per heavy atom. The van der Waals surface area contributed by atoms with Crippen molar-refractivity contribution in [2.45, 2.75) is 0 Å². The van der Waals surface area contributed by atoms with E-state index >= 15 is 0 Å². The van der Waals surface area contributed by atoms with Crippen molar-refractivity contribution < 1.29 is 0 Å². The summed E-state index contributed by atoms with van der Waals surface area (Å²) in [7, 11) is 1.80. The van der Waals surface area contributed by atoms with Crippen LogP contribution in [0.1, 0.15) is 0 Å². The van der Waals surface area contributed by atoms with Gasteiger partial charge in [-0.1, -0.05) is 12.2 Å². The molecule has 0 amide bonds. The van der Waals surface area contributed by atoms with Crippen LogP contribution in [0.25, 0.3) is 0 Å². The molecule has 9 heavy (non-hydrogen) atoms. The van der Waals surface area contributed by atoms with Crippen LogP contribution in [0.15, 0.2) is 18.7 Å². The van der Waals surface area contributed by atoms with E-state index in [1.807, 2.05) is 0 Å². The Morgan fingerprint density at radius 3 is 3.00 bits per heavy atom. The zero-order valence-electron chi connectivity index (χ0n) is 4.98. The molecule has 1 radical (unpaired) electrons. The molecule has 0 saturated carbocycles. The van der Waals surface area contributed by atoms with Gasteiger partial charge in [-0.2, -0.15) is 0 Å². The number of thiocarbonyl (C=S) groups is 1. The van der Waals surface area contributed by atoms with Gasteiger partial charge in [0.25, 0.3) is 0 Å². The van der Waals surface area contributed by atoms with Gasteiger partial charge in [0, 0.05) is 19.4 Å². The molecule has 1 rings (SSSR count). The maximum Gasteiger partial charge on any atom is 0.157 e. The molecule has 0 atom stereocenters. The first-order valence-electron chi connectivity index (χ1n) is 2.44. The van der Waals surface area contributed by atoms with Crippen LogP contribution in [0.3, 0.4) is 0 Å². The Bertz CT molecular complexity index is 182. The SMILES string of the molecule is CN([C]=S)n1ccnc1. The smallest absolute Gasteiger partial charge is 0.157 e. The van der Waals surface area contributed by atoms with Crippen LogP contribution < -0.4 is 5.01 Å². The zero-order valence-corrected chi connectivity index (χ0v) is 5.80. The molecule has 0 aliphatic heterocycles. The van der Waals surface area contributed by atoms with Crippen molar-refractivity contribution in [3.8, 4) is 0 Å². The predicted molar refractivity (Wildman–Crippen MR) is 39.0 cm³/mol. The largest absolute Gasteiger partial charge is 0.270 e. The van der Waals surface area contributed by atoms with Crippen molar-refractivity contribution in [3.05, 3.63) is 18.7 Å². The van der Waals surface area contributed by atoms with E-state index in [0.29, 0.717) is 0 Å². The Labute approximate surface area is 58.9 Å². The minimum atomic E-state index is 1.63. The minimum absolute atomic E-state index is 1.63. The van der Waals surface area contributed by atoms with Crippen molar-refractivity contribution in [1.29, 1.82) is 0 Å². The van der Waals surface area contributed by atoms with Crippen LogP contribution in [0.2, 0.25) is 0 Å². The predicted octanol–water partition coefficient (Wildman–Crippen LogP) is 0.285. The lowest BCUT2D eigenvalue weighted by Crippen LogP contribution is -2.25. The summed E-state index contributed by atoms with van der Waals surface area (Å²) in [5.74, 6) is 0. The monoisotopic (exact) mass is 140 g/mol. The van der Waals surface area contributed by atoms with Crippen molar-refractivity contribution in [2.24, 2.45) is 0 Å². The van der Waals surface area contributed by atoms with Crippen molar-refractivity contribution in [1.82, 2.24) is 9.66 Å². The summed E-state index contributed by atoms with van der Waals surface area (Å²) in [5.41, 5.74) is 2.51. The second-order valence-electron chi connectivity index (χ2n) is 1.56. The summed E-state index contributed by atoms with van der Waals surface area (Å²) < 4.78 is 1.73. The fourth-order valence-electron chi connectivity index (χ4n) is 0.477. The highest BCUT2D eigenvalue weighted by atomic mass is 32.1. The number of aromatic nitrogens is 2. The van der Waals surface area contributed by atoms with E-state index in [1.165, 1.54) is 0 Å². The van der Waals surface area contributed by atoms with E-state index in [1.54, 1.807) is 35.5 Å². The normalized spacial score (nSPS) is 9.00. The molecule has 1 aromatic heterocycles. The maximum atomic E-state index is 4.55. The first-order valence-corrected chi connectivity index (χ1v) is 2.85. The maximum absolute atomic E-state index is 4.55. The van der Waals surface area contributed by atoms with Gasteiger partial charge < -0.3 is 0 Å². The first kappa shape index (κ1) is 6.22. The highest BCUT2D eigenvalue weighted by Gasteiger charge is 1.89. The van der Waals surface area contributed by atoms with Crippen LogP contribution in [0.5, 0.6) is 0 Å². The highest BCUT2D eigenvalue weighted by Crippen LogP contribution is 1.82. The van der Waals surface area contributed by atoms with Crippen LogP contribution in [-0.2, 0) is 0 Å². The molecule has 0 aromatic carbocycles. The molecule has 1 heterocycles. The molecule has 0 saturated heterocycles. The Balaban J connectivity index is 2.76. The molecule has 0 spiro atoms. The average Bonchev–Trinajstić information content (AvgIpc) is 2.37. The number of nitrogens with zero attached hydrogens (tertiary/aromatic N) is 3. The Hall–Kier alpha value is -0.900. The molecule has 4 heteroatoms. The van der Waals surface area contributed by atoms with Gasteiger partial charge in [-0.15, -0.1) is 0 Å². The number of hydrogen-bond donors (Lipinski definition) is 0. The standard InChI is InChI=1S/C5H6N3S/c1-7(5-9)8-3-2-6-4-8/h2-4H,1H3. The van der Waals surface area contributed by atoms with E-state index in [4.69, 9.17) is 0 Å². The first-order chi connectivity index (χ1) is 4.34. The fraction of sp³-hybridized carbons (Fsp3) is 0.200. The summed E-state index contributed by atoms with van der Waals surface area (Å²) >= 11 is 4.55. The van der Waals surface area contributed by atoms with E-state index < -0.39 is 0 Å². The lowest BCUT2D eigenvalue weighted by Gasteiger charge is -2.10. The zero-order chi connectivity index (χ0) is 6.69. The van der Waals surface area contributed by atoms with Gasteiger partial charge in [0.2, 0.25) is 0 Å². The fourth-order valence-corrected chi connectivity index (χ4v) is 0.571. The van der Waals surface area contributed by atoms with E-state index in [0.717, 1.165) is 0 Å². The van der Waals surface area contributed by atoms with Gasteiger partial charge in [-0.25, -0.2) is 9.66 Å². The number of rotatable bonds is 2. The van der Waals surface area contributed by atoms with Crippen molar-refractivity contribution in [2.75, 3.05) is 12.1 Å². The second-order valence-corrected chi connectivity index (χ2v) is 1.74. The van der Waals surface area contributed by atoms with Crippen LogP contribution >= 0.6 is 12.2 Å². The molecule has 0 N–H and O–H groups in total. The highest BCUT2D eigenvalue weighted by molar-refractivity contribution is 7.79. The van der Waals surface area contributed by atoms with Gasteiger partial charge in [0.1, 0.15) is 6.33 Å². The number of imidazole rings is 1. The molecular formula is C5H6N3S. The molecule has 0 aliphatic carbocycles. The van der Waals surface area contributed by atoms with Gasteiger partial charge in [-0.05, 0) is 0 Å². The quantitative estimate of drug-likeness (QED) is 0.435. The lowest BCUT2D eigenvalue weighted by molar-refractivity contribution is 0.813. The summed E-state index contributed by atoms with van der Waals surface area (Å²) in [6.45, 7) is 0. The minimum Gasteiger partial charge on any atom is -0.270 e. The molecule has 0 bridgehead atoms. The van der Waals surface area contributed by atoms with Crippen LogP contribution in [0.4, 0.5) is 0 Å². The van der Waals surface area contributed by atoms with E-state index in [9.17, 15) is 0 Å². The van der Waals surface area contributed by atoms with Crippen molar-refractivity contribution >= 4 is 17.7 Å². The number of hydrogen-bond acceptors (Lipinski definition) is 2. The third-order valence-electron chi connectivity index (χ3n) is 0.969. The summed E-state index contributed by atoms with van der Waals surface area (Å²) in [5, 5.41) is 1.63. The van der Waals surface area contributed by atoms with Gasteiger partial charge in [0.05, 0.1) is 0 Å². The summed E-state index contributed by atoms with van der Waals surface area (Å²) in [6.07, 6.45) is 5.13. The van der Waals surface area contributed by atoms with E-state index in [-0.39, 0.29) is 0 Å². The van der Waals surface area contributed by atoms with Gasteiger partial charge in [0.15, 0.2) is 5.49 Å². The Kier molecular flexibility index (Phi) is 1.79. The average molecular weight is 140 g/mol. The molecular weight excluding hydrogens is 134 g/mol. The third kappa shape index (κ3) is 1.26. The van der Waals surface area contributed by atoms with Gasteiger partial charge >= 0.3 is 0 Å². The lowest BCUT2D eigenvalue weighted by atomic mass is 10.9. The summed E-state index contributed by atoms with van der Waals surface area (Å²) in [6, 6.07) is 0. The topological polar surface area (TPSA) is 21.1 Å². The molecule has 3 nitrogen and oxygen atoms in total. The molecule has 47 valence electrons. The summed E-state index contributed by atoms with van der Waals surface area (Å²) in [4.78, 5) is 3.83. The van der Waals surface area contributed by atoms with E-state index in [2.05, 4.69) is 22.7 Å². The van der Waals surface area contributed by atoms with Gasteiger partial charge in [-0.3, -0.25) is 5.01 Å². The third-order valence-corrected chi connectivity index (χ3v) is 1.23. The Morgan fingerprint density at radius 2 is 2.56 bits per heavy atom. The van der Waals surface area contributed by atoms with Crippen molar-refractivity contribution in [3.63, 3.8) is 0 Å². The molecule has 1 aromatic rings. The molecule has 0 unspecified atom stereocenters. The molecule has 0 aliphatic rings.